The SMILES string of the molecule is O=C1c2cccc(Cl)c2C(=O)N1c1ccc(S(=O)(=O)c2ccc(N3C(=O)c4cccc(Cl)c4C3=O)cc2)cc1. The maximum atomic E-state index is 13.3. The van der Waals surface area contributed by atoms with Gasteiger partial charge in [-0.3, -0.25) is 19.2 Å². The molecule has 6 rings (SSSR count). The van der Waals surface area contributed by atoms with Crippen LogP contribution in [0.25, 0.3) is 0 Å². The summed E-state index contributed by atoms with van der Waals surface area (Å²) in [5, 5.41) is 0.306. The largest absolute Gasteiger partial charge is 0.268 e. The molecule has 11 heteroatoms. The van der Waals surface area contributed by atoms with E-state index < -0.39 is 33.5 Å². The Hall–Kier alpha value is -4.31. The van der Waals surface area contributed by atoms with Crippen LogP contribution in [0.2, 0.25) is 10.0 Å². The Kier molecular flexibility index (Phi) is 5.69. The van der Waals surface area contributed by atoms with Crippen molar-refractivity contribution in [3.8, 4) is 0 Å². The van der Waals surface area contributed by atoms with Crippen molar-refractivity contribution in [2.75, 3.05) is 9.80 Å². The van der Waals surface area contributed by atoms with Gasteiger partial charge in [-0.25, -0.2) is 18.2 Å². The lowest BCUT2D eigenvalue weighted by Gasteiger charge is -2.15. The molecule has 0 aromatic heterocycles. The van der Waals surface area contributed by atoms with E-state index in [0.29, 0.717) is 0 Å². The van der Waals surface area contributed by atoms with Crippen LogP contribution in [0, 0.1) is 0 Å². The summed E-state index contributed by atoms with van der Waals surface area (Å²) in [6.45, 7) is 0. The van der Waals surface area contributed by atoms with Crippen LogP contribution in [0.15, 0.2) is 94.7 Å². The van der Waals surface area contributed by atoms with E-state index in [0.717, 1.165) is 9.80 Å². The molecule has 0 saturated carbocycles. The number of benzene rings is 4. The molecule has 0 N–H and O–H groups in total. The van der Waals surface area contributed by atoms with E-state index in [1.165, 1.54) is 72.8 Å². The van der Waals surface area contributed by atoms with Crippen LogP contribution in [-0.2, 0) is 9.84 Å². The van der Waals surface area contributed by atoms with E-state index >= 15 is 0 Å². The minimum Gasteiger partial charge on any atom is -0.268 e. The van der Waals surface area contributed by atoms with Gasteiger partial charge < -0.3 is 0 Å². The molecular formula is C28H14Cl2N2O6S. The molecule has 0 radical (unpaired) electrons. The summed E-state index contributed by atoms with van der Waals surface area (Å²) in [5.74, 6) is -2.31. The fourth-order valence-electron chi connectivity index (χ4n) is 4.64. The zero-order valence-corrected chi connectivity index (χ0v) is 21.9. The van der Waals surface area contributed by atoms with E-state index in [-0.39, 0.29) is 53.5 Å². The van der Waals surface area contributed by atoms with Crippen molar-refractivity contribution in [3.63, 3.8) is 0 Å². The highest BCUT2D eigenvalue weighted by atomic mass is 35.5. The highest BCUT2D eigenvalue weighted by Crippen LogP contribution is 2.35. The molecule has 0 aliphatic carbocycles. The van der Waals surface area contributed by atoms with E-state index in [2.05, 4.69) is 0 Å². The zero-order chi connectivity index (χ0) is 27.6. The first-order chi connectivity index (χ1) is 18.6. The molecule has 4 amide bonds. The summed E-state index contributed by atoms with van der Waals surface area (Å²) in [5.41, 5.74) is 0.920. The van der Waals surface area contributed by atoms with Gasteiger partial charge in [-0.2, -0.15) is 0 Å². The molecule has 2 heterocycles. The molecule has 0 atom stereocenters. The van der Waals surface area contributed by atoms with Crippen molar-refractivity contribution < 1.29 is 27.6 Å². The van der Waals surface area contributed by atoms with Crippen LogP contribution in [0.4, 0.5) is 11.4 Å². The number of sulfone groups is 1. The van der Waals surface area contributed by atoms with Gasteiger partial charge in [0.15, 0.2) is 0 Å². The number of halogens is 2. The number of hydrogen-bond acceptors (Lipinski definition) is 6. The number of nitrogens with zero attached hydrogens (tertiary/aromatic N) is 2. The Labute approximate surface area is 231 Å². The zero-order valence-electron chi connectivity index (χ0n) is 19.6. The van der Waals surface area contributed by atoms with Gasteiger partial charge in [0.1, 0.15) is 0 Å². The number of rotatable bonds is 4. The van der Waals surface area contributed by atoms with Crippen molar-refractivity contribution >= 4 is 68.0 Å². The van der Waals surface area contributed by atoms with E-state index in [1.54, 1.807) is 12.1 Å². The second kappa shape index (κ2) is 8.88. The average molecular weight is 577 g/mol. The highest BCUT2D eigenvalue weighted by Gasteiger charge is 2.39. The van der Waals surface area contributed by atoms with Crippen LogP contribution in [0.5, 0.6) is 0 Å². The molecule has 0 bridgehead atoms. The topological polar surface area (TPSA) is 109 Å². The Balaban J connectivity index is 1.27. The lowest BCUT2D eigenvalue weighted by atomic mass is 10.1. The lowest BCUT2D eigenvalue weighted by Crippen LogP contribution is -2.29. The Morgan fingerprint density at radius 3 is 1.18 bits per heavy atom. The second-order valence-electron chi connectivity index (χ2n) is 8.71. The third kappa shape index (κ3) is 3.69. The first-order valence-corrected chi connectivity index (χ1v) is 13.6. The third-order valence-corrected chi connectivity index (χ3v) is 8.95. The van der Waals surface area contributed by atoms with E-state index in [4.69, 9.17) is 23.2 Å². The Bertz CT molecular complexity index is 1740. The number of anilines is 2. The van der Waals surface area contributed by atoms with Crippen molar-refractivity contribution in [3.05, 3.63) is 117 Å². The minimum absolute atomic E-state index is 0.0823. The monoisotopic (exact) mass is 576 g/mol. The average Bonchev–Trinajstić information content (AvgIpc) is 3.34. The Morgan fingerprint density at radius 2 is 0.846 bits per heavy atom. The molecule has 0 fully saturated rings. The molecule has 0 unspecified atom stereocenters. The summed E-state index contributed by atoms with van der Waals surface area (Å²) in [6.07, 6.45) is 0. The standard InChI is InChI=1S/C28H14Cl2N2O6S/c29-21-5-1-3-19-23(21)27(35)31(25(19)33)15-7-11-17(12-8-15)39(37,38)18-13-9-16(10-14-18)32-26(34)20-4-2-6-22(30)24(20)28(32)36/h1-14H. The molecule has 8 nitrogen and oxygen atoms in total. The van der Waals surface area contributed by atoms with Crippen molar-refractivity contribution in [2.45, 2.75) is 9.79 Å². The van der Waals surface area contributed by atoms with Crippen LogP contribution in [-0.4, -0.2) is 32.0 Å². The number of carbonyl (C=O) groups is 4. The lowest BCUT2D eigenvalue weighted by molar-refractivity contribution is 0.0910. The number of fused-ring (bicyclic) bond motifs is 2. The van der Waals surface area contributed by atoms with Crippen molar-refractivity contribution in [2.24, 2.45) is 0 Å². The summed E-state index contributed by atoms with van der Waals surface area (Å²) >= 11 is 12.2. The molecule has 0 saturated heterocycles. The van der Waals surface area contributed by atoms with Gasteiger partial charge in [-0.1, -0.05) is 35.3 Å². The van der Waals surface area contributed by atoms with Gasteiger partial charge >= 0.3 is 0 Å². The minimum atomic E-state index is -4.01. The van der Waals surface area contributed by atoms with Crippen LogP contribution >= 0.6 is 23.2 Å². The summed E-state index contributed by atoms with van der Waals surface area (Å²) < 4.78 is 26.5. The maximum absolute atomic E-state index is 13.3. The highest BCUT2D eigenvalue weighted by molar-refractivity contribution is 7.91. The number of amides is 4. The van der Waals surface area contributed by atoms with Gasteiger partial charge in [0.2, 0.25) is 9.84 Å². The van der Waals surface area contributed by atoms with E-state index in [1.807, 2.05) is 0 Å². The molecular weight excluding hydrogens is 563 g/mol. The first kappa shape index (κ1) is 25.0. The molecule has 2 aliphatic heterocycles. The van der Waals surface area contributed by atoms with Gasteiger partial charge in [-0.15, -0.1) is 0 Å². The van der Waals surface area contributed by atoms with Gasteiger partial charge in [0.25, 0.3) is 23.6 Å². The molecule has 192 valence electrons. The van der Waals surface area contributed by atoms with Crippen molar-refractivity contribution in [1.82, 2.24) is 0 Å². The molecule has 4 aromatic carbocycles. The normalized spacial score (nSPS) is 14.7. The Morgan fingerprint density at radius 1 is 0.487 bits per heavy atom. The predicted molar refractivity (Wildman–Crippen MR) is 144 cm³/mol. The fraction of sp³-hybridized carbons (Fsp3) is 0. The van der Waals surface area contributed by atoms with Crippen molar-refractivity contribution in [1.29, 1.82) is 0 Å². The smallest absolute Gasteiger partial charge is 0.267 e. The molecule has 0 spiro atoms. The second-order valence-corrected chi connectivity index (χ2v) is 11.5. The number of hydrogen-bond donors (Lipinski definition) is 0. The maximum Gasteiger partial charge on any atom is 0.267 e. The number of imide groups is 2. The van der Waals surface area contributed by atoms with Gasteiger partial charge in [0.05, 0.1) is 53.5 Å². The predicted octanol–water partition coefficient (Wildman–Crippen LogP) is 5.43. The van der Waals surface area contributed by atoms with Crippen LogP contribution in [0.3, 0.4) is 0 Å². The first-order valence-electron chi connectivity index (χ1n) is 11.4. The molecule has 4 aromatic rings. The third-order valence-electron chi connectivity index (χ3n) is 6.54. The van der Waals surface area contributed by atoms with E-state index in [9.17, 15) is 27.6 Å². The van der Waals surface area contributed by atoms with Crippen LogP contribution in [0.1, 0.15) is 41.4 Å². The summed E-state index contributed by atoms with van der Waals surface area (Å²) in [7, 11) is -4.01. The molecule has 2 aliphatic rings. The number of carbonyl (C=O) groups excluding carboxylic acids is 4. The fourth-order valence-corrected chi connectivity index (χ4v) is 6.41. The molecule has 39 heavy (non-hydrogen) atoms. The summed E-state index contributed by atoms with van der Waals surface area (Å²) in [6, 6.07) is 19.8. The van der Waals surface area contributed by atoms with Gasteiger partial charge in [-0.05, 0) is 72.8 Å². The summed E-state index contributed by atoms with van der Waals surface area (Å²) in [4.78, 5) is 53.0. The van der Waals surface area contributed by atoms with Crippen LogP contribution < -0.4 is 9.80 Å². The van der Waals surface area contributed by atoms with Gasteiger partial charge in [0, 0.05) is 0 Å². The quantitative estimate of drug-likeness (QED) is 0.300.